The molecule has 1 heterocycles. The molecule has 0 amide bonds. The highest BCUT2D eigenvalue weighted by molar-refractivity contribution is 9.10. The number of Topliss-reactive ketones (excluding diaryl/α,β-unsaturated/α-hetero) is 1. The number of hydrogen-bond donors (Lipinski definition) is 1. The zero-order valence-electron chi connectivity index (χ0n) is 10.4. The Balaban J connectivity index is 2.36. The third-order valence-electron chi connectivity index (χ3n) is 3.89. The van der Waals surface area contributed by atoms with E-state index in [0.29, 0.717) is 0 Å². The summed E-state index contributed by atoms with van der Waals surface area (Å²) in [6.07, 6.45) is 2.34. The second kappa shape index (κ2) is 5.49. The first-order chi connectivity index (χ1) is 8.59. The van der Waals surface area contributed by atoms with Crippen molar-refractivity contribution in [3.63, 3.8) is 0 Å². The number of halogens is 2. The summed E-state index contributed by atoms with van der Waals surface area (Å²) < 4.78 is 14.6. The van der Waals surface area contributed by atoms with Gasteiger partial charge in [-0.3, -0.25) is 4.79 Å². The van der Waals surface area contributed by atoms with Crippen LogP contribution in [0.1, 0.15) is 36.5 Å². The molecule has 0 aromatic heterocycles. The van der Waals surface area contributed by atoms with Crippen molar-refractivity contribution in [2.24, 2.45) is 5.41 Å². The van der Waals surface area contributed by atoms with Crippen LogP contribution in [0.15, 0.2) is 22.7 Å². The lowest BCUT2D eigenvalue weighted by molar-refractivity contribution is 0.0713. The van der Waals surface area contributed by atoms with Crippen LogP contribution >= 0.6 is 15.9 Å². The van der Waals surface area contributed by atoms with Crippen molar-refractivity contribution in [1.82, 2.24) is 5.32 Å². The molecule has 0 unspecified atom stereocenters. The molecule has 0 atom stereocenters. The molecule has 1 N–H and O–H groups in total. The molecular weight excluding hydrogens is 297 g/mol. The minimum Gasteiger partial charge on any atom is -0.317 e. The van der Waals surface area contributed by atoms with Crippen molar-refractivity contribution in [2.75, 3.05) is 13.1 Å². The second-order valence-electron chi connectivity index (χ2n) is 4.84. The van der Waals surface area contributed by atoms with Crippen LogP contribution in [-0.2, 0) is 0 Å². The summed E-state index contributed by atoms with van der Waals surface area (Å²) >= 11 is 3.30. The smallest absolute Gasteiger partial charge is 0.172 e. The van der Waals surface area contributed by atoms with Crippen LogP contribution in [0.5, 0.6) is 0 Å². The Kier molecular flexibility index (Phi) is 4.17. The number of ketones is 1. The van der Waals surface area contributed by atoms with E-state index in [0.717, 1.165) is 36.8 Å². The van der Waals surface area contributed by atoms with E-state index in [1.54, 1.807) is 12.1 Å². The van der Waals surface area contributed by atoms with Crippen molar-refractivity contribution in [1.29, 1.82) is 0 Å². The average molecular weight is 314 g/mol. The molecule has 2 nitrogen and oxygen atoms in total. The highest BCUT2D eigenvalue weighted by Crippen LogP contribution is 2.37. The van der Waals surface area contributed by atoms with Gasteiger partial charge >= 0.3 is 0 Å². The highest BCUT2D eigenvalue weighted by atomic mass is 79.9. The lowest BCUT2D eigenvalue weighted by Gasteiger charge is -2.35. The van der Waals surface area contributed by atoms with Crippen molar-refractivity contribution >= 4 is 21.7 Å². The summed E-state index contributed by atoms with van der Waals surface area (Å²) in [7, 11) is 0. The molecule has 1 fully saturated rings. The van der Waals surface area contributed by atoms with E-state index in [-0.39, 0.29) is 11.3 Å². The Morgan fingerprint density at radius 2 is 2.11 bits per heavy atom. The van der Waals surface area contributed by atoms with E-state index in [1.165, 1.54) is 6.07 Å². The molecule has 1 aromatic rings. The van der Waals surface area contributed by atoms with Gasteiger partial charge in [-0.25, -0.2) is 4.39 Å². The Hall–Kier alpha value is -0.740. The fraction of sp³-hybridized carbons (Fsp3) is 0.500. The fourth-order valence-corrected chi connectivity index (χ4v) is 2.96. The van der Waals surface area contributed by atoms with Gasteiger partial charge in [-0.05, 0) is 50.6 Å². The van der Waals surface area contributed by atoms with E-state index in [9.17, 15) is 9.18 Å². The van der Waals surface area contributed by atoms with Gasteiger partial charge in [0, 0.05) is 9.89 Å². The minimum absolute atomic E-state index is 0.0506. The van der Waals surface area contributed by atoms with Crippen LogP contribution in [0.3, 0.4) is 0 Å². The van der Waals surface area contributed by atoms with Crippen LogP contribution in [-0.4, -0.2) is 18.9 Å². The lowest BCUT2D eigenvalue weighted by Crippen LogP contribution is -2.42. The van der Waals surface area contributed by atoms with Crippen molar-refractivity contribution in [3.8, 4) is 0 Å². The van der Waals surface area contributed by atoms with E-state index in [1.807, 2.05) is 6.92 Å². The van der Waals surface area contributed by atoms with Gasteiger partial charge in [0.05, 0.1) is 5.56 Å². The molecule has 4 heteroatoms. The molecule has 1 aromatic carbocycles. The van der Waals surface area contributed by atoms with Crippen LogP contribution < -0.4 is 5.32 Å². The molecular formula is C14H17BrFNO. The first-order valence-corrected chi connectivity index (χ1v) is 7.09. The molecule has 0 radical (unpaired) electrons. The Morgan fingerprint density at radius 3 is 2.72 bits per heavy atom. The molecule has 0 spiro atoms. The summed E-state index contributed by atoms with van der Waals surface area (Å²) in [5.74, 6) is -0.472. The van der Waals surface area contributed by atoms with Gasteiger partial charge in [-0.2, -0.15) is 0 Å². The number of nitrogens with one attached hydrogen (secondary N) is 1. The van der Waals surface area contributed by atoms with Crippen LogP contribution in [0, 0.1) is 11.2 Å². The van der Waals surface area contributed by atoms with E-state index in [4.69, 9.17) is 0 Å². The van der Waals surface area contributed by atoms with Gasteiger partial charge in [-0.1, -0.05) is 22.9 Å². The summed E-state index contributed by atoms with van der Waals surface area (Å²) in [6.45, 7) is 3.67. The molecule has 1 aliphatic rings. The van der Waals surface area contributed by atoms with Crippen molar-refractivity contribution in [2.45, 2.75) is 26.2 Å². The maximum absolute atomic E-state index is 13.8. The zero-order valence-corrected chi connectivity index (χ0v) is 12.0. The third kappa shape index (κ3) is 2.50. The zero-order chi connectivity index (χ0) is 13.2. The first-order valence-electron chi connectivity index (χ1n) is 6.29. The minimum atomic E-state index is -0.422. The topological polar surface area (TPSA) is 29.1 Å². The Morgan fingerprint density at radius 1 is 1.44 bits per heavy atom. The maximum atomic E-state index is 13.8. The van der Waals surface area contributed by atoms with Crippen molar-refractivity contribution in [3.05, 3.63) is 34.1 Å². The van der Waals surface area contributed by atoms with Gasteiger partial charge in [0.1, 0.15) is 5.82 Å². The molecule has 1 aliphatic heterocycles. The van der Waals surface area contributed by atoms with Gasteiger partial charge in [-0.15, -0.1) is 0 Å². The summed E-state index contributed by atoms with van der Waals surface area (Å²) in [5, 5.41) is 3.25. The first kappa shape index (κ1) is 13.7. The molecule has 0 saturated carbocycles. The lowest BCUT2D eigenvalue weighted by atomic mass is 9.71. The van der Waals surface area contributed by atoms with Crippen molar-refractivity contribution < 1.29 is 9.18 Å². The SMILES string of the molecule is CCC1(C(=O)c2cc(Br)ccc2F)CCNCC1. The summed E-state index contributed by atoms with van der Waals surface area (Å²) in [4.78, 5) is 12.6. The van der Waals surface area contributed by atoms with E-state index in [2.05, 4.69) is 21.2 Å². The summed E-state index contributed by atoms with van der Waals surface area (Å²) in [5.41, 5.74) is -0.180. The number of carbonyl (C=O) groups excluding carboxylic acids is 1. The number of benzene rings is 1. The third-order valence-corrected chi connectivity index (χ3v) is 4.39. The van der Waals surface area contributed by atoms with Crippen LogP contribution in [0.25, 0.3) is 0 Å². The molecule has 18 heavy (non-hydrogen) atoms. The molecule has 0 bridgehead atoms. The average Bonchev–Trinajstić information content (AvgIpc) is 2.41. The predicted molar refractivity (Wildman–Crippen MR) is 73.3 cm³/mol. The van der Waals surface area contributed by atoms with E-state index < -0.39 is 11.2 Å². The van der Waals surface area contributed by atoms with Gasteiger partial charge in [0.2, 0.25) is 0 Å². The second-order valence-corrected chi connectivity index (χ2v) is 5.75. The fourth-order valence-electron chi connectivity index (χ4n) is 2.60. The number of carbonyl (C=O) groups is 1. The van der Waals surface area contributed by atoms with Crippen LogP contribution in [0.2, 0.25) is 0 Å². The van der Waals surface area contributed by atoms with Gasteiger partial charge in [0.15, 0.2) is 5.78 Å². The molecule has 98 valence electrons. The standard InChI is InChI=1S/C14H17BrFNO/c1-2-14(5-7-17-8-6-14)13(18)11-9-10(15)3-4-12(11)16/h3-4,9,17H,2,5-8H2,1H3. The highest BCUT2D eigenvalue weighted by Gasteiger charge is 2.39. The predicted octanol–water partition coefficient (Wildman–Crippen LogP) is 3.55. The van der Waals surface area contributed by atoms with E-state index >= 15 is 0 Å². The molecule has 2 rings (SSSR count). The molecule has 1 saturated heterocycles. The molecule has 0 aliphatic carbocycles. The maximum Gasteiger partial charge on any atom is 0.172 e. The quantitative estimate of drug-likeness (QED) is 0.865. The Bertz CT molecular complexity index is 455. The summed E-state index contributed by atoms with van der Waals surface area (Å²) in [6, 6.07) is 4.56. The monoisotopic (exact) mass is 313 g/mol. The number of piperidine rings is 1. The Labute approximate surface area is 115 Å². The number of rotatable bonds is 3. The number of hydrogen-bond acceptors (Lipinski definition) is 2. The van der Waals surface area contributed by atoms with Gasteiger partial charge < -0.3 is 5.32 Å². The van der Waals surface area contributed by atoms with Gasteiger partial charge in [0.25, 0.3) is 0 Å². The van der Waals surface area contributed by atoms with Crippen LogP contribution in [0.4, 0.5) is 4.39 Å². The normalized spacial score (nSPS) is 18.6. The largest absolute Gasteiger partial charge is 0.317 e.